The first-order chi connectivity index (χ1) is 6.27. The Labute approximate surface area is 79.1 Å². The lowest BCUT2D eigenvalue weighted by Gasteiger charge is -2.05. The SMILES string of the molecule is CN(C)C[C@H]1O[C@@H]1c1ccccc1. The molecule has 1 aromatic rings. The fourth-order valence-corrected chi connectivity index (χ4v) is 1.58. The van der Waals surface area contributed by atoms with E-state index < -0.39 is 0 Å². The molecule has 2 rings (SSSR count). The normalized spacial score (nSPS) is 26.4. The topological polar surface area (TPSA) is 15.8 Å². The van der Waals surface area contributed by atoms with Crippen molar-refractivity contribution in [3.63, 3.8) is 0 Å². The molecule has 1 aromatic carbocycles. The van der Waals surface area contributed by atoms with Crippen LogP contribution in [-0.2, 0) is 4.74 Å². The van der Waals surface area contributed by atoms with Crippen LogP contribution >= 0.6 is 0 Å². The Balaban J connectivity index is 1.93. The molecule has 0 aliphatic carbocycles. The highest BCUT2D eigenvalue weighted by Crippen LogP contribution is 2.38. The zero-order chi connectivity index (χ0) is 9.26. The van der Waals surface area contributed by atoms with Gasteiger partial charge in [0.2, 0.25) is 0 Å². The van der Waals surface area contributed by atoms with Crippen molar-refractivity contribution in [2.45, 2.75) is 12.2 Å². The predicted octanol–water partition coefficient (Wildman–Crippen LogP) is 1.69. The van der Waals surface area contributed by atoms with Crippen molar-refractivity contribution in [1.82, 2.24) is 4.90 Å². The maximum absolute atomic E-state index is 5.57. The molecule has 0 radical (unpaired) electrons. The van der Waals surface area contributed by atoms with E-state index in [2.05, 4.69) is 43.3 Å². The molecule has 1 fully saturated rings. The maximum Gasteiger partial charge on any atom is 0.110 e. The van der Waals surface area contributed by atoms with Gasteiger partial charge in [-0.15, -0.1) is 0 Å². The van der Waals surface area contributed by atoms with Crippen LogP contribution in [0.15, 0.2) is 30.3 Å². The number of likely N-dealkylation sites (N-methyl/N-ethyl adjacent to an activating group) is 1. The zero-order valence-corrected chi connectivity index (χ0v) is 8.10. The summed E-state index contributed by atoms with van der Waals surface area (Å²) in [5, 5.41) is 0. The Kier molecular flexibility index (Phi) is 2.34. The van der Waals surface area contributed by atoms with Crippen LogP contribution in [0.5, 0.6) is 0 Å². The van der Waals surface area contributed by atoms with Crippen LogP contribution in [0.1, 0.15) is 11.7 Å². The van der Waals surface area contributed by atoms with Crippen LogP contribution in [0, 0.1) is 0 Å². The average molecular weight is 177 g/mol. The molecule has 0 unspecified atom stereocenters. The summed E-state index contributed by atoms with van der Waals surface area (Å²) in [6.45, 7) is 1.01. The predicted molar refractivity (Wildman–Crippen MR) is 52.6 cm³/mol. The Hall–Kier alpha value is -0.860. The van der Waals surface area contributed by atoms with E-state index in [1.165, 1.54) is 5.56 Å². The van der Waals surface area contributed by atoms with Gasteiger partial charge in [0.25, 0.3) is 0 Å². The van der Waals surface area contributed by atoms with Crippen molar-refractivity contribution in [1.29, 1.82) is 0 Å². The van der Waals surface area contributed by atoms with Gasteiger partial charge >= 0.3 is 0 Å². The first kappa shape index (κ1) is 8.73. The molecule has 13 heavy (non-hydrogen) atoms. The minimum Gasteiger partial charge on any atom is -0.363 e. The number of hydrogen-bond donors (Lipinski definition) is 0. The van der Waals surface area contributed by atoms with Gasteiger partial charge in [-0.3, -0.25) is 0 Å². The van der Waals surface area contributed by atoms with Crippen molar-refractivity contribution in [2.75, 3.05) is 20.6 Å². The lowest BCUT2D eigenvalue weighted by molar-refractivity contribution is 0.314. The van der Waals surface area contributed by atoms with E-state index in [0.29, 0.717) is 12.2 Å². The van der Waals surface area contributed by atoms with Gasteiger partial charge in [-0.25, -0.2) is 0 Å². The Morgan fingerprint density at radius 2 is 1.92 bits per heavy atom. The number of ether oxygens (including phenoxy) is 1. The van der Waals surface area contributed by atoms with E-state index in [-0.39, 0.29) is 0 Å². The van der Waals surface area contributed by atoms with Crippen molar-refractivity contribution in [3.8, 4) is 0 Å². The summed E-state index contributed by atoms with van der Waals surface area (Å²) < 4.78 is 5.57. The Morgan fingerprint density at radius 1 is 1.23 bits per heavy atom. The third-order valence-corrected chi connectivity index (χ3v) is 2.26. The molecule has 70 valence electrons. The van der Waals surface area contributed by atoms with E-state index in [0.717, 1.165) is 6.54 Å². The smallest absolute Gasteiger partial charge is 0.110 e. The first-order valence-corrected chi connectivity index (χ1v) is 4.62. The minimum absolute atomic E-state index is 0.337. The Morgan fingerprint density at radius 3 is 2.54 bits per heavy atom. The van der Waals surface area contributed by atoms with E-state index in [1.54, 1.807) is 0 Å². The molecule has 1 saturated heterocycles. The molecule has 2 nitrogen and oxygen atoms in total. The lowest BCUT2D eigenvalue weighted by atomic mass is 10.1. The summed E-state index contributed by atoms with van der Waals surface area (Å²) in [7, 11) is 4.15. The number of rotatable bonds is 3. The quantitative estimate of drug-likeness (QED) is 0.653. The molecule has 1 heterocycles. The summed E-state index contributed by atoms with van der Waals surface area (Å²) in [4.78, 5) is 2.16. The largest absolute Gasteiger partial charge is 0.363 e. The number of nitrogens with zero attached hydrogens (tertiary/aromatic N) is 1. The van der Waals surface area contributed by atoms with Crippen LogP contribution in [0.4, 0.5) is 0 Å². The van der Waals surface area contributed by atoms with Gasteiger partial charge in [-0.1, -0.05) is 30.3 Å². The number of epoxide rings is 1. The minimum atomic E-state index is 0.337. The third kappa shape index (κ3) is 2.08. The Bertz CT molecular complexity index is 271. The van der Waals surface area contributed by atoms with E-state index >= 15 is 0 Å². The number of hydrogen-bond acceptors (Lipinski definition) is 2. The summed E-state index contributed by atoms with van der Waals surface area (Å²) in [5.41, 5.74) is 1.30. The second-order valence-electron chi connectivity index (χ2n) is 3.77. The molecule has 2 atom stereocenters. The highest BCUT2D eigenvalue weighted by Gasteiger charge is 2.39. The highest BCUT2D eigenvalue weighted by atomic mass is 16.6. The fourth-order valence-electron chi connectivity index (χ4n) is 1.58. The fraction of sp³-hybridized carbons (Fsp3) is 0.455. The molecule has 0 spiro atoms. The van der Waals surface area contributed by atoms with Gasteiger partial charge in [-0.05, 0) is 19.7 Å². The molecular formula is C11H15NO. The van der Waals surface area contributed by atoms with Crippen molar-refractivity contribution in [3.05, 3.63) is 35.9 Å². The molecule has 2 heteroatoms. The van der Waals surface area contributed by atoms with Crippen LogP contribution in [0.25, 0.3) is 0 Å². The zero-order valence-electron chi connectivity index (χ0n) is 8.10. The highest BCUT2D eigenvalue weighted by molar-refractivity contribution is 5.22. The van der Waals surface area contributed by atoms with E-state index in [1.807, 2.05) is 6.07 Å². The monoisotopic (exact) mass is 177 g/mol. The molecule has 0 saturated carbocycles. The molecule has 0 amide bonds. The lowest BCUT2D eigenvalue weighted by Crippen LogP contribution is -2.18. The molecule has 1 aliphatic heterocycles. The van der Waals surface area contributed by atoms with Gasteiger partial charge in [-0.2, -0.15) is 0 Å². The van der Waals surface area contributed by atoms with Crippen LogP contribution in [0.2, 0.25) is 0 Å². The van der Waals surface area contributed by atoms with Gasteiger partial charge in [0.15, 0.2) is 0 Å². The standard InChI is InChI=1S/C11H15NO/c1-12(2)8-10-11(13-10)9-6-4-3-5-7-9/h3-7,10-11H,8H2,1-2H3/t10-,11-/m1/s1. The van der Waals surface area contributed by atoms with Gasteiger partial charge in [0, 0.05) is 6.54 Å². The van der Waals surface area contributed by atoms with Gasteiger partial charge in [0.05, 0.1) is 0 Å². The van der Waals surface area contributed by atoms with Crippen LogP contribution < -0.4 is 0 Å². The van der Waals surface area contributed by atoms with E-state index in [9.17, 15) is 0 Å². The molecule has 0 bridgehead atoms. The first-order valence-electron chi connectivity index (χ1n) is 4.62. The van der Waals surface area contributed by atoms with Gasteiger partial charge < -0.3 is 9.64 Å². The summed E-state index contributed by atoms with van der Waals surface area (Å²) in [6, 6.07) is 10.4. The van der Waals surface area contributed by atoms with Crippen molar-refractivity contribution >= 4 is 0 Å². The molecular weight excluding hydrogens is 162 g/mol. The maximum atomic E-state index is 5.57. The van der Waals surface area contributed by atoms with E-state index in [4.69, 9.17) is 4.74 Å². The van der Waals surface area contributed by atoms with Crippen molar-refractivity contribution < 1.29 is 4.74 Å². The average Bonchev–Trinajstić information content (AvgIpc) is 2.84. The molecule has 0 aromatic heterocycles. The van der Waals surface area contributed by atoms with Gasteiger partial charge in [0.1, 0.15) is 12.2 Å². The van der Waals surface area contributed by atoms with Crippen molar-refractivity contribution in [2.24, 2.45) is 0 Å². The van der Waals surface area contributed by atoms with Crippen LogP contribution in [-0.4, -0.2) is 31.6 Å². The summed E-state index contributed by atoms with van der Waals surface area (Å²) >= 11 is 0. The van der Waals surface area contributed by atoms with Crippen LogP contribution in [0.3, 0.4) is 0 Å². The molecule has 1 aliphatic rings. The number of benzene rings is 1. The molecule has 0 N–H and O–H groups in total. The second-order valence-corrected chi connectivity index (χ2v) is 3.77. The second kappa shape index (κ2) is 3.48. The summed E-state index contributed by atoms with van der Waals surface area (Å²) in [5.74, 6) is 0. The third-order valence-electron chi connectivity index (χ3n) is 2.26. The summed E-state index contributed by atoms with van der Waals surface area (Å²) in [6.07, 6.45) is 0.737.